The summed E-state index contributed by atoms with van der Waals surface area (Å²) in [5.41, 5.74) is 0.675. The molecule has 1 aromatic heterocycles. The van der Waals surface area contributed by atoms with E-state index in [9.17, 15) is 13.2 Å². The molecular formula is C21H25Cl2N3O3S2. The van der Waals surface area contributed by atoms with E-state index in [4.69, 9.17) is 11.6 Å². The topological polar surface area (TPSA) is 70.6 Å². The average Bonchev–Trinajstić information content (AvgIpc) is 3.14. The molecule has 0 saturated heterocycles. The summed E-state index contributed by atoms with van der Waals surface area (Å²) in [5.74, 6) is -0.217. The number of halogens is 2. The number of sulfone groups is 1. The number of benzene rings is 2. The number of carbonyl (C=O) groups excluding carboxylic acids is 1. The normalized spacial score (nSPS) is 11.5. The average molecular weight is 502 g/mol. The maximum absolute atomic E-state index is 13.0. The third-order valence-corrected chi connectivity index (χ3v) is 7.73. The van der Waals surface area contributed by atoms with Crippen LogP contribution in [0, 0.1) is 0 Å². The minimum absolute atomic E-state index is 0. The summed E-state index contributed by atoms with van der Waals surface area (Å²) >= 11 is 7.65. The Hall–Kier alpha value is -1.71. The highest BCUT2D eigenvalue weighted by Gasteiger charge is 2.22. The van der Waals surface area contributed by atoms with Gasteiger partial charge in [0.05, 0.1) is 20.4 Å². The first-order chi connectivity index (χ1) is 14.3. The molecule has 0 aliphatic rings. The molecule has 0 fully saturated rings. The van der Waals surface area contributed by atoms with Crippen LogP contribution in [0.5, 0.6) is 0 Å². The van der Waals surface area contributed by atoms with Gasteiger partial charge in [-0.3, -0.25) is 9.69 Å². The predicted octanol–water partition coefficient (Wildman–Crippen LogP) is 4.52. The summed E-state index contributed by atoms with van der Waals surface area (Å²) in [6.45, 7) is 1.13. The van der Waals surface area contributed by atoms with Gasteiger partial charge in [-0.1, -0.05) is 47.2 Å². The second kappa shape index (κ2) is 11.2. The van der Waals surface area contributed by atoms with Crippen LogP contribution in [0.1, 0.15) is 12.8 Å². The molecule has 0 aliphatic carbocycles. The van der Waals surface area contributed by atoms with Crippen molar-refractivity contribution in [3.05, 3.63) is 53.6 Å². The number of para-hydroxylation sites is 1. The summed E-state index contributed by atoms with van der Waals surface area (Å²) in [6.07, 6.45) is 0.378. The lowest BCUT2D eigenvalue weighted by Crippen LogP contribution is -2.36. The van der Waals surface area contributed by atoms with E-state index in [1.165, 1.54) is 11.3 Å². The van der Waals surface area contributed by atoms with Gasteiger partial charge in [0.25, 0.3) is 0 Å². The molecule has 0 unspecified atom stereocenters. The van der Waals surface area contributed by atoms with Gasteiger partial charge in [-0.2, -0.15) is 0 Å². The Balaban J connectivity index is 0.00000341. The van der Waals surface area contributed by atoms with Crippen molar-refractivity contribution in [3.63, 3.8) is 0 Å². The van der Waals surface area contributed by atoms with E-state index in [-0.39, 0.29) is 41.8 Å². The van der Waals surface area contributed by atoms with Crippen LogP contribution in [0.2, 0.25) is 5.02 Å². The molecule has 6 nitrogen and oxygen atoms in total. The van der Waals surface area contributed by atoms with Gasteiger partial charge in [0.2, 0.25) is 5.91 Å². The monoisotopic (exact) mass is 501 g/mol. The number of rotatable bonds is 9. The van der Waals surface area contributed by atoms with Gasteiger partial charge in [-0.25, -0.2) is 13.4 Å². The van der Waals surface area contributed by atoms with Gasteiger partial charge >= 0.3 is 0 Å². The molecule has 0 saturated carbocycles. The van der Waals surface area contributed by atoms with Crippen LogP contribution in [0.4, 0.5) is 5.13 Å². The summed E-state index contributed by atoms with van der Waals surface area (Å²) < 4.78 is 25.8. The second-order valence-corrected chi connectivity index (χ2v) is 10.7. The minimum atomic E-state index is -3.41. The number of aromatic nitrogens is 1. The number of amides is 1. The fourth-order valence-electron chi connectivity index (χ4n) is 2.94. The molecule has 0 N–H and O–H groups in total. The first-order valence-electron chi connectivity index (χ1n) is 9.56. The number of hydrogen-bond donors (Lipinski definition) is 0. The molecule has 2 aromatic carbocycles. The Morgan fingerprint density at radius 3 is 2.42 bits per heavy atom. The van der Waals surface area contributed by atoms with Crippen LogP contribution in [-0.2, 0) is 14.6 Å². The largest absolute Gasteiger partial charge is 0.308 e. The second-order valence-electron chi connectivity index (χ2n) is 7.17. The van der Waals surface area contributed by atoms with Crippen LogP contribution in [0.3, 0.4) is 0 Å². The van der Waals surface area contributed by atoms with Crippen molar-refractivity contribution in [2.45, 2.75) is 17.7 Å². The fourth-order valence-corrected chi connectivity index (χ4v) is 5.58. The third kappa shape index (κ3) is 6.63. The summed E-state index contributed by atoms with van der Waals surface area (Å²) in [6, 6.07) is 13.9. The molecule has 0 radical (unpaired) electrons. The molecule has 3 rings (SSSR count). The smallest absolute Gasteiger partial charge is 0.228 e. The molecule has 1 amide bonds. The Labute approximate surface area is 198 Å². The Morgan fingerprint density at radius 1 is 1.06 bits per heavy atom. The number of hydrogen-bond acceptors (Lipinski definition) is 6. The maximum atomic E-state index is 13.0. The number of thiazole rings is 1. The molecule has 3 aromatic rings. The Kier molecular flexibility index (Phi) is 9.27. The van der Waals surface area contributed by atoms with Gasteiger partial charge in [0.15, 0.2) is 15.0 Å². The lowest BCUT2D eigenvalue weighted by atomic mass is 10.3. The van der Waals surface area contributed by atoms with E-state index in [0.29, 0.717) is 28.8 Å². The Bertz CT molecular complexity index is 1120. The van der Waals surface area contributed by atoms with Crippen molar-refractivity contribution in [1.29, 1.82) is 0 Å². The van der Waals surface area contributed by atoms with Crippen LogP contribution in [0.25, 0.3) is 10.2 Å². The van der Waals surface area contributed by atoms with Crippen molar-refractivity contribution in [1.82, 2.24) is 9.88 Å². The molecule has 0 atom stereocenters. The van der Waals surface area contributed by atoms with Crippen LogP contribution < -0.4 is 4.90 Å². The van der Waals surface area contributed by atoms with E-state index in [2.05, 4.69) is 4.98 Å². The quantitative estimate of drug-likeness (QED) is 0.430. The van der Waals surface area contributed by atoms with Gasteiger partial charge in [0, 0.05) is 19.5 Å². The minimum Gasteiger partial charge on any atom is -0.308 e. The van der Waals surface area contributed by atoms with Crippen molar-refractivity contribution in [3.8, 4) is 0 Å². The zero-order chi connectivity index (χ0) is 21.7. The van der Waals surface area contributed by atoms with Crippen molar-refractivity contribution in [2.75, 3.05) is 37.8 Å². The number of nitrogens with zero attached hydrogens (tertiary/aromatic N) is 3. The SMILES string of the molecule is CN(C)CCN(C(=O)CCCS(=O)(=O)c1ccccc1)c1nc2c(Cl)cccc2s1.Cl. The van der Waals surface area contributed by atoms with Crippen LogP contribution in [0.15, 0.2) is 53.4 Å². The van der Waals surface area contributed by atoms with Crippen LogP contribution >= 0.6 is 35.3 Å². The Morgan fingerprint density at radius 2 is 1.77 bits per heavy atom. The number of likely N-dealkylation sites (N-methyl/N-ethyl adjacent to an activating group) is 1. The molecular weight excluding hydrogens is 477 g/mol. The zero-order valence-electron chi connectivity index (χ0n) is 17.3. The molecule has 1 heterocycles. The first kappa shape index (κ1) is 25.5. The van der Waals surface area contributed by atoms with E-state index < -0.39 is 9.84 Å². The molecule has 31 heavy (non-hydrogen) atoms. The lowest BCUT2D eigenvalue weighted by Gasteiger charge is -2.22. The van der Waals surface area contributed by atoms with E-state index >= 15 is 0 Å². The first-order valence-corrected chi connectivity index (χ1v) is 12.4. The van der Waals surface area contributed by atoms with Crippen molar-refractivity contribution < 1.29 is 13.2 Å². The van der Waals surface area contributed by atoms with Gasteiger partial charge < -0.3 is 4.90 Å². The van der Waals surface area contributed by atoms with Gasteiger partial charge in [0.1, 0.15) is 5.52 Å². The van der Waals surface area contributed by atoms with Crippen LogP contribution in [-0.4, -0.2) is 57.1 Å². The molecule has 0 bridgehead atoms. The van der Waals surface area contributed by atoms with Crippen molar-refractivity contribution >= 4 is 66.4 Å². The van der Waals surface area contributed by atoms with E-state index in [1.54, 1.807) is 41.3 Å². The highest BCUT2D eigenvalue weighted by atomic mass is 35.5. The molecule has 168 valence electrons. The highest BCUT2D eigenvalue weighted by Crippen LogP contribution is 2.33. The molecule has 10 heteroatoms. The third-order valence-electron chi connectivity index (χ3n) is 4.57. The number of carbonyl (C=O) groups is 1. The van der Waals surface area contributed by atoms with E-state index in [0.717, 1.165) is 4.70 Å². The van der Waals surface area contributed by atoms with E-state index in [1.807, 2.05) is 31.1 Å². The molecule has 0 spiro atoms. The standard InChI is InChI=1S/C21H24ClN3O3S2.ClH/c1-24(2)13-14-25(21-23-20-17(22)10-6-11-18(20)29-21)19(26)12-7-15-30(27,28)16-8-4-3-5-9-16;/h3-6,8-11H,7,12-15H2,1-2H3;1H. The number of fused-ring (bicyclic) bond motifs is 1. The zero-order valence-corrected chi connectivity index (χ0v) is 20.5. The maximum Gasteiger partial charge on any atom is 0.228 e. The predicted molar refractivity (Wildman–Crippen MR) is 131 cm³/mol. The van der Waals surface area contributed by atoms with Gasteiger partial charge in [-0.05, 0) is 44.8 Å². The number of anilines is 1. The summed E-state index contributed by atoms with van der Waals surface area (Å²) in [7, 11) is 0.462. The summed E-state index contributed by atoms with van der Waals surface area (Å²) in [5, 5.41) is 1.12. The van der Waals surface area contributed by atoms with Crippen molar-refractivity contribution in [2.24, 2.45) is 0 Å². The highest BCUT2D eigenvalue weighted by molar-refractivity contribution is 7.91. The van der Waals surface area contributed by atoms with Gasteiger partial charge in [-0.15, -0.1) is 12.4 Å². The molecule has 0 aliphatic heterocycles. The summed E-state index contributed by atoms with van der Waals surface area (Å²) in [4.78, 5) is 21.5. The fraction of sp³-hybridized carbons (Fsp3) is 0.333. The lowest BCUT2D eigenvalue weighted by molar-refractivity contribution is -0.118.